The Balaban J connectivity index is 1.77. The van der Waals surface area contributed by atoms with E-state index in [0.717, 1.165) is 29.9 Å². The minimum absolute atomic E-state index is 0.0591. The molecular weight excluding hydrogens is 300 g/mol. The summed E-state index contributed by atoms with van der Waals surface area (Å²) in [6, 6.07) is 17.8. The Hall–Kier alpha value is -2.62. The van der Waals surface area contributed by atoms with E-state index >= 15 is 0 Å². The van der Waals surface area contributed by atoms with E-state index in [0.29, 0.717) is 13.0 Å². The Kier molecular flexibility index (Phi) is 7.02. The van der Waals surface area contributed by atoms with E-state index in [2.05, 4.69) is 22.7 Å². The van der Waals surface area contributed by atoms with Gasteiger partial charge in [-0.05, 0) is 62.1 Å². The van der Waals surface area contributed by atoms with Gasteiger partial charge in [0, 0.05) is 6.42 Å². The molecule has 1 amide bonds. The highest BCUT2D eigenvalue weighted by molar-refractivity contribution is 5.99. The van der Waals surface area contributed by atoms with Crippen LogP contribution in [0.25, 0.3) is 0 Å². The molecule has 2 aromatic rings. The molecule has 126 valence electrons. The van der Waals surface area contributed by atoms with Gasteiger partial charge < -0.3 is 4.74 Å². The van der Waals surface area contributed by atoms with Crippen molar-refractivity contribution < 1.29 is 9.53 Å². The third kappa shape index (κ3) is 5.88. The number of ether oxygens (including phenoxy) is 1. The van der Waals surface area contributed by atoms with Crippen LogP contribution in [-0.2, 0) is 11.2 Å². The molecule has 0 aliphatic carbocycles. The summed E-state index contributed by atoms with van der Waals surface area (Å²) in [4.78, 5) is 11.9. The van der Waals surface area contributed by atoms with Crippen LogP contribution in [-0.4, -0.2) is 18.2 Å². The zero-order chi connectivity index (χ0) is 17.2. The Morgan fingerprint density at radius 3 is 2.46 bits per heavy atom. The first kappa shape index (κ1) is 17.7. The highest BCUT2D eigenvalue weighted by Crippen LogP contribution is 2.12. The second kappa shape index (κ2) is 9.50. The monoisotopic (exact) mass is 324 g/mol. The maximum absolute atomic E-state index is 11.9. The van der Waals surface area contributed by atoms with Crippen molar-refractivity contribution in [2.75, 3.05) is 6.61 Å². The first-order valence-corrected chi connectivity index (χ1v) is 8.29. The minimum Gasteiger partial charge on any atom is -0.494 e. The van der Waals surface area contributed by atoms with Gasteiger partial charge in [0.15, 0.2) is 0 Å². The van der Waals surface area contributed by atoms with Crippen LogP contribution in [0.4, 0.5) is 0 Å². The quantitative estimate of drug-likeness (QED) is 0.590. The zero-order valence-electron chi connectivity index (χ0n) is 14.3. The second-order valence-electron chi connectivity index (χ2n) is 5.53. The number of hydrogen-bond donors (Lipinski definition) is 1. The van der Waals surface area contributed by atoms with Crippen LogP contribution in [0.3, 0.4) is 0 Å². The number of carbonyl (C=O) groups is 1. The molecule has 0 spiro atoms. The Bertz CT molecular complexity index is 664. The van der Waals surface area contributed by atoms with E-state index in [1.165, 1.54) is 5.56 Å². The average molecular weight is 324 g/mol. The van der Waals surface area contributed by atoms with Gasteiger partial charge >= 0.3 is 0 Å². The summed E-state index contributed by atoms with van der Waals surface area (Å²) in [5.41, 5.74) is 5.61. The summed E-state index contributed by atoms with van der Waals surface area (Å²) in [7, 11) is 0. The number of nitrogens with zero attached hydrogens (tertiary/aromatic N) is 1. The third-order valence-electron chi connectivity index (χ3n) is 3.64. The molecule has 0 fully saturated rings. The predicted octanol–water partition coefficient (Wildman–Crippen LogP) is 3.95. The molecule has 1 N–H and O–H groups in total. The first-order valence-electron chi connectivity index (χ1n) is 8.29. The summed E-state index contributed by atoms with van der Waals surface area (Å²) in [5.74, 6) is 0.773. The minimum atomic E-state index is -0.0591. The fourth-order valence-corrected chi connectivity index (χ4v) is 2.32. The van der Waals surface area contributed by atoms with Crippen LogP contribution in [0, 0.1) is 0 Å². The molecule has 4 heteroatoms. The number of hydrazone groups is 1. The van der Waals surface area contributed by atoms with Gasteiger partial charge in [0.1, 0.15) is 5.75 Å². The molecule has 0 saturated heterocycles. The molecule has 0 aliphatic rings. The Labute approximate surface area is 143 Å². The summed E-state index contributed by atoms with van der Waals surface area (Å²) in [6.07, 6.45) is 2.18. The van der Waals surface area contributed by atoms with Crippen LogP contribution >= 0.6 is 0 Å². The number of aryl methyl sites for hydroxylation is 1. The molecule has 24 heavy (non-hydrogen) atoms. The topological polar surface area (TPSA) is 50.7 Å². The third-order valence-corrected chi connectivity index (χ3v) is 3.64. The van der Waals surface area contributed by atoms with E-state index in [9.17, 15) is 4.79 Å². The summed E-state index contributed by atoms with van der Waals surface area (Å²) in [5, 5.41) is 4.17. The standard InChI is InChI=1S/C20H24N2O2/c1-3-24-19-14-12-18(13-15-19)16(2)21-22-20(23)11-7-10-17-8-5-4-6-9-17/h4-6,8-9,12-15H,3,7,10-11H2,1-2H3,(H,22,23)/b21-16+. The maximum atomic E-state index is 11.9. The first-order chi connectivity index (χ1) is 11.7. The van der Waals surface area contributed by atoms with Gasteiger partial charge in [0.05, 0.1) is 12.3 Å². The van der Waals surface area contributed by atoms with E-state index in [1.54, 1.807) is 0 Å². The van der Waals surface area contributed by atoms with Crippen molar-refractivity contribution in [3.63, 3.8) is 0 Å². The molecule has 0 radical (unpaired) electrons. The second-order valence-corrected chi connectivity index (χ2v) is 5.53. The van der Waals surface area contributed by atoms with Crippen LogP contribution in [0.1, 0.15) is 37.8 Å². The van der Waals surface area contributed by atoms with Crippen LogP contribution < -0.4 is 10.2 Å². The van der Waals surface area contributed by atoms with Gasteiger partial charge in [-0.2, -0.15) is 5.10 Å². The van der Waals surface area contributed by atoms with Crippen molar-refractivity contribution in [3.8, 4) is 5.75 Å². The van der Waals surface area contributed by atoms with Crippen LogP contribution in [0.2, 0.25) is 0 Å². The molecule has 0 heterocycles. The maximum Gasteiger partial charge on any atom is 0.240 e. The van der Waals surface area contributed by atoms with Crippen molar-refractivity contribution in [2.45, 2.75) is 33.1 Å². The molecule has 2 rings (SSSR count). The lowest BCUT2D eigenvalue weighted by molar-refractivity contribution is -0.121. The van der Waals surface area contributed by atoms with E-state index in [4.69, 9.17) is 4.74 Å². The summed E-state index contributed by atoms with van der Waals surface area (Å²) in [6.45, 7) is 4.47. The zero-order valence-corrected chi connectivity index (χ0v) is 14.3. The van der Waals surface area contributed by atoms with Crippen molar-refractivity contribution in [1.82, 2.24) is 5.43 Å². The molecule has 2 aromatic carbocycles. The number of rotatable bonds is 8. The number of amides is 1. The normalized spacial score (nSPS) is 11.2. The molecule has 0 saturated carbocycles. The largest absolute Gasteiger partial charge is 0.494 e. The Morgan fingerprint density at radius 2 is 1.79 bits per heavy atom. The van der Waals surface area contributed by atoms with Gasteiger partial charge in [-0.1, -0.05) is 30.3 Å². The fourth-order valence-electron chi connectivity index (χ4n) is 2.32. The Morgan fingerprint density at radius 1 is 1.08 bits per heavy atom. The smallest absolute Gasteiger partial charge is 0.240 e. The summed E-state index contributed by atoms with van der Waals surface area (Å²) >= 11 is 0. The van der Waals surface area contributed by atoms with Gasteiger partial charge in [0.2, 0.25) is 5.91 Å². The van der Waals surface area contributed by atoms with Crippen LogP contribution in [0.5, 0.6) is 5.75 Å². The lowest BCUT2D eigenvalue weighted by atomic mass is 10.1. The SMILES string of the molecule is CCOc1ccc(/C(C)=N/NC(=O)CCCc2ccccc2)cc1. The summed E-state index contributed by atoms with van der Waals surface area (Å²) < 4.78 is 5.41. The number of benzene rings is 2. The molecule has 0 unspecified atom stereocenters. The molecule has 0 atom stereocenters. The van der Waals surface area contributed by atoms with Gasteiger partial charge in [0.25, 0.3) is 0 Å². The van der Waals surface area contributed by atoms with Crippen molar-refractivity contribution in [3.05, 3.63) is 65.7 Å². The number of carbonyl (C=O) groups excluding carboxylic acids is 1. The molecule has 0 aromatic heterocycles. The molecule has 0 aliphatic heterocycles. The van der Waals surface area contributed by atoms with Crippen molar-refractivity contribution in [2.24, 2.45) is 5.10 Å². The lowest BCUT2D eigenvalue weighted by Crippen LogP contribution is -2.19. The fraction of sp³-hybridized carbons (Fsp3) is 0.300. The van der Waals surface area contributed by atoms with Crippen molar-refractivity contribution >= 4 is 11.6 Å². The average Bonchev–Trinajstić information content (AvgIpc) is 2.61. The number of hydrogen-bond acceptors (Lipinski definition) is 3. The van der Waals surface area contributed by atoms with Crippen LogP contribution in [0.15, 0.2) is 59.7 Å². The van der Waals surface area contributed by atoms with Gasteiger partial charge in [-0.25, -0.2) is 5.43 Å². The predicted molar refractivity (Wildman–Crippen MR) is 97.3 cm³/mol. The van der Waals surface area contributed by atoms with E-state index in [-0.39, 0.29) is 5.91 Å². The molecule has 4 nitrogen and oxygen atoms in total. The highest BCUT2D eigenvalue weighted by atomic mass is 16.5. The van der Waals surface area contributed by atoms with Gasteiger partial charge in [-0.3, -0.25) is 4.79 Å². The molecular formula is C20H24N2O2. The highest BCUT2D eigenvalue weighted by Gasteiger charge is 2.02. The number of nitrogens with one attached hydrogen (secondary N) is 1. The lowest BCUT2D eigenvalue weighted by Gasteiger charge is -2.05. The molecule has 0 bridgehead atoms. The van der Waals surface area contributed by atoms with E-state index in [1.807, 2.05) is 56.3 Å². The van der Waals surface area contributed by atoms with E-state index < -0.39 is 0 Å². The van der Waals surface area contributed by atoms with Gasteiger partial charge in [-0.15, -0.1) is 0 Å². The van der Waals surface area contributed by atoms with Crippen molar-refractivity contribution in [1.29, 1.82) is 0 Å².